The van der Waals surface area contributed by atoms with Gasteiger partial charge in [-0.3, -0.25) is 4.79 Å². The predicted molar refractivity (Wildman–Crippen MR) is 106 cm³/mol. The highest BCUT2D eigenvalue weighted by molar-refractivity contribution is 7.19. The zero-order chi connectivity index (χ0) is 18.8. The minimum atomic E-state index is -0.583. The summed E-state index contributed by atoms with van der Waals surface area (Å²) in [6.07, 6.45) is 7.90. The third-order valence-corrected chi connectivity index (χ3v) is 6.10. The van der Waals surface area contributed by atoms with E-state index < -0.39 is 6.10 Å². The van der Waals surface area contributed by atoms with Crippen molar-refractivity contribution < 1.29 is 9.90 Å². The fraction of sp³-hybridized carbons (Fsp3) is 0.350. The zero-order valence-corrected chi connectivity index (χ0v) is 16.0. The summed E-state index contributed by atoms with van der Waals surface area (Å²) < 4.78 is 2.97. The lowest BCUT2D eigenvalue weighted by Crippen LogP contribution is -2.39. The van der Waals surface area contributed by atoms with E-state index in [1.807, 2.05) is 47.0 Å². The van der Waals surface area contributed by atoms with Crippen molar-refractivity contribution in [1.29, 1.82) is 0 Å². The van der Waals surface area contributed by atoms with Gasteiger partial charge >= 0.3 is 0 Å². The van der Waals surface area contributed by atoms with E-state index in [1.165, 1.54) is 0 Å². The fourth-order valence-corrected chi connectivity index (χ4v) is 4.39. The van der Waals surface area contributed by atoms with Crippen molar-refractivity contribution in [2.24, 2.45) is 13.0 Å². The Balaban J connectivity index is 1.35. The van der Waals surface area contributed by atoms with Gasteiger partial charge in [-0.15, -0.1) is 11.3 Å². The fourth-order valence-electron chi connectivity index (χ4n) is 3.52. The summed E-state index contributed by atoms with van der Waals surface area (Å²) in [5.74, 6) is 0.818. The molecule has 140 valence electrons. The van der Waals surface area contributed by atoms with Crippen LogP contribution in [0.5, 0.6) is 0 Å². The molecule has 1 unspecified atom stereocenters. The molecule has 2 aromatic heterocycles. The van der Waals surface area contributed by atoms with E-state index in [9.17, 15) is 9.90 Å². The number of benzene rings is 1. The van der Waals surface area contributed by atoms with Crippen molar-refractivity contribution in [3.63, 3.8) is 0 Å². The van der Waals surface area contributed by atoms with Crippen LogP contribution in [0.2, 0.25) is 0 Å². The maximum absolute atomic E-state index is 12.5. The summed E-state index contributed by atoms with van der Waals surface area (Å²) in [5.41, 5.74) is 0.957. The highest BCUT2D eigenvalue weighted by Gasteiger charge is 2.29. The molecule has 1 aromatic carbocycles. The van der Waals surface area contributed by atoms with Crippen molar-refractivity contribution in [2.45, 2.75) is 18.9 Å². The average molecular weight is 382 g/mol. The Labute approximate surface area is 161 Å². The molecule has 3 heterocycles. The number of piperidine rings is 1. The Kier molecular flexibility index (Phi) is 5.05. The Hall–Kier alpha value is -2.51. The number of hydrogen-bond donors (Lipinski definition) is 1. The SMILES string of the molecule is Cn1ccnc1C(O)C1CCN(C(=O)/C=C/c2nc3ccccc3s2)CC1. The molecule has 1 N–H and O–H groups in total. The lowest BCUT2D eigenvalue weighted by molar-refractivity contribution is -0.128. The van der Waals surface area contributed by atoms with Crippen LogP contribution in [0, 0.1) is 5.92 Å². The van der Waals surface area contributed by atoms with E-state index in [2.05, 4.69) is 9.97 Å². The number of carbonyl (C=O) groups is 1. The predicted octanol–water partition coefficient (Wildman–Crippen LogP) is 3.02. The van der Waals surface area contributed by atoms with Crippen LogP contribution in [0.1, 0.15) is 29.8 Å². The standard InChI is InChI=1S/C20H22N4O2S/c1-23-13-10-21-20(23)19(26)14-8-11-24(12-9-14)18(25)7-6-17-22-15-4-2-3-5-16(15)27-17/h2-7,10,13-14,19,26H,8-9,11-12H2,1H3/b7-6+. The van der Waals surface area contributed by atoms with Crippen LogP contribution in [0.15, 0.2) is 42.7 Å². The van der Waals surface area contributed by atoms with E-state index in [-0.39, 0.29) is 11.8 Å². The lowest BCUT2D eigenvalue weighted by atomic mass is 9.90. The molecular weight excluding hydrogens is 360 g/mol. The number of aromatic nitrogens is 3. The number of imidazole rings is 1. The number of carbonyl (C=O) groups excluding carboxylic acids is 1. The number of nitrogens with zero attached hydrogens (tertiary/aromatic N) is 4. The first kappa shape index (κ1) is 17.9. The van der Waals surface area contributed by atoms with E-state index in [0.717, 1.165) is 28.1 Å². The first-order valence-electron chi connectivity index (χ1n) is 9.09. The summed E-state index contributed by atoms with van der Waals surface area (Å²) in [7, 11) is 1.89. The maximum Gasteiger partial charge on any atom is 0.246 e. The minimum absolute atomic E-state index is 0.000752. The van der Waals surface area contributed by atoms with E-state index in [0.29, 0.717) is 18.9 Å². The van der Waals surface area contributed by atoms with Gasteiger partial charge in [-0.05, 0) is 37.0 Å². The Morgan fingerprint density at radius 2 is 2.11 bits per heavy atom. The van der Waals surface area contributed by atoms with Crippen LogP contribution in [0.25, 0.3) is 16.3 Å². The van der Waals surface area contributed by atoms with Crippen molar-refractivity contribution in [1.82, 2.24) is 19.4 Å². The van der Waals surface area contributed by atoms with Crippen molar-refractivity contribution in [2.75, 3.05) is 13.1 Å². The first-order chi connectivity index (χ1) is 13.1. The van der Waals surface area contributed by atoms with Gasteiger partial charge in [-0.2, -0.15) is 0 Å². The Morgan fingerprint density at radius 1 is 1.33 bits per heavy atom. The van der Waals surface area contributed by atoms with Gasteiger partial charge in [0.05, 0.1) is 10.2 Å². The summed E-state index contributed by atoms with van der Waals surface area (Å²) in [4.78, 5) is 23.1. The number of hydrogen-bond acceptors (Lipinski definition) is 5. The molecule has 6 nitrogen and oxygen atoms in total. The van der Waals surface area contributed by atoms with Gasteiger partial charge in [-0.25, -0.2) is 9.97 Å². The third-order valence-electron chi connectivity index (χ3n) is 5.10. The molecule has 27 heavy (non-hydrogen) atoms. The molecule has 1 atom stereocenters. The van der Waals surface area contributed by atoms with Gasteiger partial charge in [0.15, 0.2) is 0 Å². The van der Waals surface area contributed by atoms with Crippen LogP contribution in [-0.4, -0.2) is 43.5 Å². The van der Waals surface area contributed by atoms with Crippen molar-refractivity contribution >= 4 is 33.5 Å². The largest absolute Gasteiger partial charge is 0.385 e. The third kappa shape index (κ3) is 3.79. The van der Waals surface area contributed by atoms with E-state index in [1.54, 1.807) is 29.7 Å². The van der Waals surface area contributed by atoms with Gasteiger partial charge in [0.2, 0.25) is 5.91 Å². The molecule has 1 fully saturated rings. The number of aliphatic hydroxyl groups is 1. The number of amides is 1. The second-order valence-corrected chi connectivity index (χ2v) is 7.92. The summed E-state index contributed by atoms with van der Waals surface area (Å²) in [6, 6.07) is 7.96. The molecule has 1 amide bonds. The normalized spacial score (nSPS) is 17.0. The monoisotopic (exact) mass is 382 g/mol. The van der Waals surface area contributed by atoms with Crippen molar-refractivity contribution in [3.8, 4) is 0 Å². The molecule has 0 spiro atoms. The van der Waals surface area contributed by atoms with E-state index in [4.69, 9.17) is 0 Å². The number of thiazole rings is 1. The van der Waals surface area contributed by atoms with E-state index >= 15 is 0 Å². The Morgan fingerprint density at radius 3 is 2.81 bits per heavy atom. The maximum atomic E-state index is 12.5. The molecule has 1 saturated heterocycles. The average Bonchev–Trinajstić information content (AvgIpc) is 3.31. The van der Waals surface area contributed by atoms with Gasteiger partial charge < -0.3 is 14.6 Å². The second-order valence-electron chi connectivity index (χ2n) is 6.86. The van der Waals surface area contributed by atoms with Crippen LogP contribution in [0.4, 0.5) is 0 Å². The first-order valence-corrected chi connectivity index (χ1v) is 9.91. The highest BCUT2D eigenvalue weighted by atomic mass is 32.1. The molecule has 1 aliphatic rings. The van der Waals surface area contributed by atoms with Crippen molar-refractivity contribution in [3.05, 3.63) is 53.6 Å². The molecular formula is C20H22N4O2S. The van der Waals surface area contributed by atoms with Gasteiger partial charge in [0, 0.05) is 38.6 Å². The quantitative estimate of drug-likeness (QED) is 0.704. The molecule has 3 aromatic rings. The van der Waals surface area contributed by atoms with Crippen LogP contribution < -0.4 is 0 Å². The molecule has 1 aliphatic heterocycles. The zero-order valence-electron chi connectivity index (χ0n) is 15.2. The summed E-state index contributed by atoms with van der Waals surface area (Å²) in [5, 5.41) is 11.4. The smallest absolute Gasteiger partial charge is 0.246 e. The molecule has 0 bridgehead atoms. The number of fused-ring (bicyclic) bond motifs is 1. The molecule has 4 rings (SSSR count). The summed E-state index contributed by atoms with van der Waals surface area (Å²) in [6.45, 7) is 1.30. The molecule has 0 aliphatic carbocycles. The second kappa shape index (κ2) is 7.62. The molecule has 7 heteroatoms. The van der Waals surface area contributed by atoms with Gasteiger partial charge in [0.1, 0.15) is 16.9 Å². The highest BCUT2D eigenvalue weighted by Crippen LogP contribution is 2.30. The topological polar surface area (TPSA) is 71.2 Å². The van der Waals surface area contributed by atoms with Gasteiger partial charge in [-0.1, -0.05) is 12.1 Å². The lowest BCUT2D eigenvalue weighted by Gasteiger charge is -2.33. The number of likely N-dealkylation sites (tertiary alicyclic amines) is 1. The Bertz CT molecular complexity index is 936. The number of aryl methyl sites for hydroxylation is 1. The number of rotatable bonds is 4. The number of para-hydroxylation sites is 1. The van der Waals surface area contributed by atoms with Crippen LogP contribution in [0.3, 0.4) is 0 Å². The van der Waals surface area contributed by atoms with Crippen LogP contribution in [-0.2, 0) is 11.8 Å². The molecule has 0 radical (unpaired) electrons. The molecule has 0 saturated carbocycles. The van der Waals surface area contributed by atoms with Gasteiger partial charge in [0.25, 0.3) is 0 Å². The summed E-state index contributed by atoms with van der Waals surface area (Å²) >= 11 is 1.58. The minimum Gasteiger partial charge on any atom is -0.385 e. The number of aliphatic hydroxyl groups excluding tert-OH is 1. The van der Waals surface area contributed by atoms with Crippen LogP contribution >= 0.6 is 11.3 Å².